The van der Waals surface area contributed by atoms with Crippen LogP contribution in [0, 0.1) is 0 Å². The fourth-order valence-corrected chi connectivity index (χ4v) is 4.07. The second-order valence-corrected chi connectivity index (χ2v) is 6.76. The van der Waals surface area contributed by atoms with E-state index >= 15 is 0 Å². The van der Waals surface area contributed by atoms with Gasteiger partial charge in [0.25, 0.3) is 0 Å². The molecule has 1 aliphatic heterocycles. The topological polar surface area (TPSA) is 56.1 Å². The average Bonchev–Trinajstić information content (AvgIpc) is 3.05. The van der Waals surface area contributed by atoms with Crippen molar-refractivity contribution >= 4 is 22.8 Å². The maximum absolute atomic E-state index is 12.8. The summed E-state index contributed by atoms with van der Waals surface area (Å²) < 4.78 is 7.45. The molecular formula is C21H19N3O2. The molecule has 0 fully saturated rings. The van der Waals surface area contributed by atoms with Crippen LogP contribution in [-0.4, -0.2) is 22.4 Å². The number of para-hydroxylation sites is 2. The van der Waals surface area contributed by atoms with Crippen LogP contribution in [-0.2, 0) is 4.79 Å². The molecule has 5 nitrogen and oxygen atoms in total. The van der Waals surface area contributed by atoms with Crippen LogP contribution in [0.25, 0.3) is 11.0 Å². The Labute approximate surface area is 151 Å². The third kappa shape index (κ3) is 2.17. The molecule has 2 aliphatic rings. The van der Waals surface area contributed by atoms with Gasteiger partial charge in [0, 0.05) is 17.7 Å². The van der Waals surface area contributed by atoms with Crippen molar-refractivity contribution in [1.82, 2.24) is 9.55 Å². The molecule has 0 radical (unpaired) electrons. The molecule has 1 N–H and O–H groups in total. The van der Waals surface area contributed by atoms with Crippen LogP contribution in [0.2, 0.25) is 0 Å². The summed E-state index contributed by atoms with van der Waals surface area (Å²) in [6, 6.07) is 15.9. The van der Waals surface area contributed by atoms with Crippen LogP contribution >= 0.6 is 0 Å². The zero-order valence-electron chi connectivity index (χ0n) is 14.5. The second kappa shape index (κ2) is 5.73. The number of imidazole rings is 1. The lowest BCUT2D eigenvalue weighted by atomic mass is 9.85. The molecule has 1 atom stereocenters. The van der Waals surface area contributed by atoms with E-state index in [1.54, 1.807) is 7.11 Å². The molecule has 0 spiro atoms. The number of aromatic nitrogens is 2. The van der Waals surface area contributed by atoms with E-state index in [1.807, 2.05) is 42.5 Å². The number of fused-ring (bicyclic) bond motifs is 3. The van der Waals surface area contributed by atoms with Gasteiger partial charge in [-0.05, 0) is 42.7 Å². The van der Waals surface area contributed by atoms with Crippen molar-refractivity contribution in [2.24, 2.45) is 0 Å². The highest BCUT2D eigenvalue weighted by Crippen LogP contribution is 2.42. The lowest BCUT2D eigenvalue weighted by Crippen LogP contribution is -2.30. The average molecular weight is 345 g/mol. The Hall–Kier alpha value is -3.08. The van der Waals surface area contributed by atoms with Crippen molar-refractivity contribution in [2.45, 2.75) is 25.3 Å². The quantitative estimate of drug-likeness (QED) is 0.761. The molecule has 0 saturated carbocycles. The van der Waals surface area contributed by atoms with Gasteiger partial charge < -0.3 is 10.1 Å². The van der Waals surface area contributed by atoms with Crippen molar-refractivity contribution in [3.63, 3.8) is 0 Å². The Balaban J connectivity index is 1.77. The maximum Gasteiger partial charge on any atom is 0.209 e. The van der Waals surface area contributed by atoms with Crippen LogP contribution < -0.4 is 10.1 Å². The monoisotopic (exact) mass is 345 g/mol. The van der Waals surface area contributed by atoms with Gasteiger partial charge in [-0.3, -0.25) is 9.36 Å². The van der Waals surface area contributed by atoms with Crippen LogP contribution in [0.5, 0.6) is 5.75 Å². The van der Waals surface area contributed by atoms with E-state index in [9.17, 15) is 4.79 Å². The second-order valence-electron chi connectivity index (χ2n) is 6.76. The number of carbonyl (C=O) groups excluding carboxylic acids is 1. The molecule has 0 amide bonds. The van der Waals surface area contributed by atoms with E-state index in [0.717, 1.165) is 52.4 Å². The first-order chi connectivity index (χ1) is 12.8. The highest BCUT2D eigenvalue weighted by Gasteiger charge is 2.36. The minimum absolute atomic E-state index is 0.160. The van der Waals surface area contributed by atoms with Gasteiger partial charge in [0.2, 0.25) is 5.95 Å². The molecule has 2 aromatic carbocycles. The maximum atomic E-state index is 12.8. The lowest BCUT2D eigenvalue weighted by Gasteiger charge is -2.33. The molecule has 2 heterocycles. The Bertz CT molecular complexity index is 1050. The molecule has 5 rings (SSSR count). The lowest BCUT2D eigenvalue weighted by molar-refractivity contribution is -0.116. The number of nitrogens with zero attached hydrogens (tertiary/aromatic N) is 2. The number of ketones is 1. The van der Waals surface area contributed by atoms with E-state index in [1.165, 1.54) is 0 Å². The third-order valence-electron chi connectivity index (χ3n) is 5.28. The summed E-state index contributed by atoms with van der Waals surface area (Å²) in [6.45, 7) is 0. The number of nitrogens with one attached hydrogen (secondary N) is 1. The SMILES string of the molecule is COc1ccc(C2C3=C(CCCC3=O)Nc3nc4ccccc4n32)cc1. The molecule has 0 saturated heterocycles. The number of ether oxygens (including phenoxy) is 1. The number of hydrogen-bond acceptors (Lipinski definition) is 4. The minimum Gasteiger partial charge on any atom is -0.497 e. The Morgan fingerprint density at radius 3 is 2.73 bits per heavy atom. The van der Waals surface area contributed by atoms with Crippen molar-refractivity contribution in [3.8, 4) is 5.75 Å². The first kappa shape index (κ1) is 15.2. The van der Waals surface area contributed by atoms with Gasteiger partial charge >= 0.3 is 0 Å². The zero-order chi connectivity index (χ0) is 17.7. The van der Waals surface area contributed by atoms with Gasteiger partial charge in [-0.1, -0.05) is 24.3 Å². The zero-order valence-corrected chi connectivity index (χ0v) is 14.5. The normalized spacial score (nSPS) is 19.1. The standard InChI is InChI=1S/C21H19N3O2/c1-26-14-11-9-13(10-12-14)20-19-16(6-4-8-18(19)25)23-21-22-15-5-2-3-7-17(15)24(20)21/h2-3,5,7,9-12,20H,4,6,8H2,1H3,(H,22,23). The van der Waals surface area contributed by atoms with E-state index in [2.05, 4.69) is 16.0 Å². The molecule has 1 aliphatic carbocycles. The summed E-state index contributed by atoms with van der Waals surface area (Å²) in [6.07, 6.45) is 2.38. The van der Waals surface area contributed by atoms with Crippen LogP contribution in [0.15, 0.2) is 59.8 Å². The number of methoxy groups -OCH3 is 1. The largest absolute Gasteiger partial charge is 0.497 e. The van der Waals surface area contributed by atoms with Gasteiger partial charge in [-0.2, -0.15) is 0 Å². The van der Waals surface area contributed by atoms with Crippen LogP contribution in [0.3, 0.4) is 0 Å². The predicted molar refractivity (Wildman–Crippen MR) is 100 cm³/mol. The highest BCUT2D eigenvalue weighted by molar-refractivity contribution is 6.00. The summed E-state index contributed by atoms with van der Waals surface area (Å²) in [5.74, 6) is 1.84. The summed E-state index contributed by atoms with van der Waals surface area (Å²) in [5.41, 5.74) is 4.92. The fourth-order valence-electron chi connectivity index (χ4n) is 4.07. The number of rotatable bonds is 2. The van der Waals surface area contributed by atoms with Crippen molar-refractivity contribution in [3.05, 3.63) is 65.4 Å². The summed E-state index contributed by atoms with van der Waals surface area (Å²) >= 11 is 0. The molecule has 130 valence electrons. The van der Waals surface area contributed by atoms with E-state index < -0.39 is 0 Å². The van der Waals surface area contributed by atoms with E-state index in [-0.39, 0.29) is 11.8 Å². The minimum atomic E-state index is -0.160. The number of anilines is 1. The molecule has 26 heavy (non-hydrogen) atoms. The van der Waals surface area contributed by atoms with Crippen LogP contribution in [0.4, 0.5) is 5.95 Å². The number of benzene rings is 2. The smallest absolute Gasteiger partial charge is 0.209 e. The van der Waals surface area contributed by atoms with Crippen molar-refractivity contribution < 1.29 is 9.53 Å². The molecule has 1 unspecified atom stereocenters. The van der Waals surface area contributed by atoms with Crippen LogP contribution in [0.1, 0.15) is 30.9 Å². The Morgan fingerprint density at radius 1 is 1.12 bits per heavy atom. The number of carbonyl (C=O) groups is 1. The first-order valence-electron chi connectivity index (χ1n) is 8.90. The van der Waals surface area contributed by atoms with Crippen molar-refractivity contribution in [2.75, 3.05) is 12.4 Å². The summed E-state index contributed by atoms with van der Waals surface area (Å²) in [5, 5.41) is 3.43. The molecular weight excluding hydrogens is 326 g/mol. The van der Waals surface area contributed by atoms with Crippen molar-refractivity contribution in [1.29, 1.82) is 0 Å². The molecule has 1 aromatic heterocycles. The number of Topliss-reactive ketones (excluding diaryl/α,β-unsaturated/α-hetero) is 1. The van der Waals surface area contributed by atoms with Gasteiger partial charge in [-0.15, -0.1) is 0 Å². The molecule has 5 heteroatoms. The van der Waals surface area contributed by atoms with Gasteiger partial charge in [-0.25, -0.2) is 4.98 Å². The third-order valence-corrected chi connectivity index (χ3v) is 5.28. The van der Waals surface area contributed by atoms with E-state index in [4.69, 9.17) is 9.72 Å². The molecule has 3 aromatic rings. The highest BCUT2D eigenvalue weighted by atomic mass is 16.5. The fraction of sp³-hybridized carbons (Fsp3) is 0.238. The first-order valence-corrected chi connectivity index (χ1v) is 8.90. The number of hydrogen-bond donors (Lipinski definition) is 1. The number of allylic oxidation sites excluding steroid dienone is 2. The summed E-state index contributed by atoms with van der Waals surface area (Å²) in [7, 11) is 1.66. The summed E-state index contributed by atoms with van der Waals surface area (Å²) in [4.78, 5) is 17.6. The Morgan fingerprint density at radius 2 is 1.92 bits per heavy atom. The van der Waals surface area contributed by atoms with Gasteiger partial charge in [0.15, 0.2) is 5.78 Å². The molecule has 0 bridgehead atoms. The van der Waals surface area contributed by atoms with Gasteiger partial charge in [0.1, 0.15) is 5.75 Å². The predicted octanol–water partition coefficient (Wildman–Crippen LogP) is 4.07. The van der Waals surface area contributed by atoms with Gasteiger partial charge in [0.05, 0.1) is 24.2 Å². The van der Waals surface area contributed by atoms with E-state index in [0.29, 0.717) is 6.42 Å². The Kier molecular flexibility index (Phi) is 3.35.